The molecular weight excluding hydrogens is 385 g/mol. The zero-order valence-corrected chi connectivity index (χ0v) is 15.8. The maximum Gasteiger partial charge on any atom is 0.338 e. The van der Waals surface area contributed by atoms with Gasteiger partial charge in [-0.25, -0.2) is 4.79 Å². The first-order chi connectivity index (χ1) is 11.8. The smallest absolute Gasteiger partial charge is 0.338 e. The summed E-state index contributed by atoms with van der Waals surface area (Å²) in [5.74, 6) is -1.03. The van der Waals surface area contributed by atoms with E-state index in [0.29, 0.717) is 20.6 Å². The van der Waals surface area contributed by atoms with Crippen molar-refractivity contribution < 1.29 is 14.3 Å². The van der Waals surface area contributed by atoms with Gasteiger partial charge in [-0.05, 0) is 55.8 Å². The lowest BCUT2D eigenvalue weighted by atomic mass is 10.1. The lowest BCUT2D eigenvalue weighted by molar-refractivity contribution is -0.129. The van der Waals surface area contributed by atoms with Gasteiger partial charge in [0.25, 0.3) is 5.91 Å². The number of amides is 1. The van der Waals surface area contributed by atoms with Crippen LogP contribution in [0.4, 0.5) is 0 Å². The molecule has 0 saturated carbocycles. The third-order valence-electron chi connectivity index (χ3n) is 3.52. The summed E-state index contributed by atoms with van der Waals surface area (Å²) in [5, 5.41) is 4.23. The highest BCUT2D eigenvalue weighted by Crippen LogP contribution is 2.26. The molecule has 2 aromatic rings. The number of hydrogen-bond acceptors (Lipinski definition) is 3. The van der Waals surface area contributed by atoms with Gasteiger partial charge in [-0.1, -0.05) is 40.9 Å². The van der Waals surface area contributed by atoms with Crippen LogP contribution in [0.3, 0.4) is 0 Å². The number of esters is 1. The first-order valence-corrected chi connectivity index (χ1v) is 8.63. The molecule has 0 aromatic heterocycles. The van der Waals surface area contributed by atoms with Gasteiger partial charge in [0.15, 0.2) is 6.10 Å². The minimum atomic E-state index is -0.961. The number of nitrogens with one attached hydrogen (secondary N) is 1. The van der Waals surface area contributed by atoms with E-state index in [1.165, 1.54) is 19.1 Å². The third-order valence-corrected chi connectivity index (χ3v) is 4.34. The standard InChI is InChI=1S/C18H16Cl3NO3/c1-10(15-8-7-14(20)9-16(15)21)22-17(23)11(2)25-18(24)12-3-5-13(19)6-4-12/h3-11H,1-2H3,(H,22,23)/t10-,11-/m1/s1. The van der Waals surface area contributed by atoms with Gasteiger partial charge in [0.2, 0.25) is 0 Å². The molecule has 1 N–H and O–H groups in total. The van der Waals surface area contributed by atoms with Crippen LogP contribution in [0.2, 0.25) is 15.1 Å². The van der Waals surface area contributed by atoms with Crippen molar-refractivity contribution in [2.24, 2.45) is 0 Å². The Hall–Kier alpha value is -1.75. The molecule has 2 aromatic carbocycles. The van der Waals surface area contributed by atoms with Crippen molar-refractivity contribution in [2.75, 3.05) is 0 Å². The third kappa shape index (κ3) is 5.36. The van der Waals surface area contributed by atoms with Crippen LogP contribution in [-0.2, 0) is 9.53 Å². The topological polar surface area (TPSA) is 55.4 Å². The van der Waals surface area contributed by atoms with E-state index >= 15 is 0 Å². The van der Waals surface area contributed by atoms with Gasteiger partial charge in [-0.3, -0.25) is 4.79 Å². The van der Waals surface area contributed by atoms with E-state index in [1.54, 1.807) is 37.3 Å². The second-order valence-corrected chi connectivity index (χ2v) is 6.73. The molecule has 0 spiro atoms. The normalized spacial score (nSPS) is 13.0. The van der Waals surface area contributed by atoms with E-state index in [0.717, 1.165) is 5.56 Å². The predicted octanol–water partition coefficient (Wildman–Crippen LogP) is 5.07. The summed E-state index contributed by atoms with van der Waals surface area (Å²) in [4.78, 5) is 24.3. The highest BCUT2D eigenvalue weighted by Gasteiger charge is 2.21. The molecule has 0 aliphatic heterocycles. The molecule has 1 amide bonds. The van der Waals surface area contributed by atoms with Crippen LogP contribution in [0, 0.1) is 0 Å². The molecule has 0 saturated heterocycles. The molecule has 2 atom stereocenters. The SMILES string of the molecule is C[C@@H](OC(=O)c1ccc(Cl)cc1)C(=O)N[C@H](C)c1ccc(Cl)cc1Cl. The Labute approximate surface area is 161 Å². The maximum atomic E-state index is 12.2. The molecule has 0 heterocycles. The highest BCUT2D eigenvalue weighted by molar-refractivity contribution is 6.35. The Morgan fingerprint density at radius 2 is 1.56 bits per heavy atom. The lowest BCUT2D eigenvalue weighted by Gasteiger charge is -2.19. The number of hydrogen-bond donors (Lipinski definition) is 1. The Balaban J connectivity index is 1.97. The van der Waals surface area contributed by atoms with E-state index in [-0.39, 0.29) is 6.04 Å². The molecule has 0 fully saturated rings. The first-order valence-electron chi connectivity index (χ1n) is 7.50. The molecule has 7 heteroatoms. The second kappa shape index (κ2) is 8.56. The summed E-state index contributed by atoms with van der Waals surface area (Å²) >= 11 is 17.8. The summed E-state index contributed by atoms with van der Waals surface area (Å²) in [7, 11) is 0. The van der Waals surface area contributed by atoms with Gasteiger partial charge < -0.3 is 10.1 Å². The zero-order valence-electron chi connectivity index (χ0n) is 13.6. The van der Waals surface area contributed by atoms with Crippen LogP contribution in [-0.4, -0.2) is 18.0 Å². The molecule has 2 rings (SSSR count). The lowest BCUT2D eigenvalue weighted by Crippen LogP contribution is -2.37. The molecule has 0 aliphatic carbocycles. The Morgan fingerprint density at radius 3 is 2.16 bits per heavy atom. The molecule has 0 bridgehead atoms. The first kappa shape index (κ1) is 19.6. The van der Waals surface area contributed by atoms with Crippen molar-refractivity contribution in [3.8, 4) is 0 Å². The largest absolute Gasteiger partial charge is 0.449 e. The van der Waals surface area contributed by atoms with Gasteiger partial charge in [0.05, 0.1) is 11.6 Å². The van der Waals surface area contributed by atoms with Gasteiger partial charge in [-0.15, -0.1) is 0 Å². The number of carbonyl (C=O) groups is 2. The Kier molecular flexibility index (Phi) is 6.71. The van der Waals surface area contributed by atoms with E-state index in [1.807, 2.05) is 0 Å². The minimum Gasteiger partial charge on any atom is -0.449 e. The van der Waals surface area contributed by atoms with E-state index in [2.05, 4.69) is 5.32 Å². The number of carbonyl (C=O) groups excluding carboxylic acids is 2. The summed E-state index contributed by atoms with van der Waals surface area (Å²) in [6, 6.07) is 10.9. The van der Waals surface area contributed by atoms with Crippen LogP contribution in [0.1, 0.15) is 35.8 Å². The van der Waals surface area contributed by atoms with Crippen LogP contribution in [0.5, 0.6) is 0 Å². The molecule has 0 radical (unpaired) electrons. The fourth-order valence-corrected chi connectivity index (χ4v) is 2.83. The average molecular weight is 401 g/mol. The van der Waals surface area contributed by atoms with Crippen LogP contribution in [0.15, 0.2) is 42.5 Å². The molecule has 25 heavy (non-hydrogen) atoms. The van der Waals surface area contributed by atoms with Gasteiger partial charge in [0, 0.05) is 15.1 Å². The van der Waals surface area contributed by atoms with E-state index in [4.69, 9.17) is 39.5 Å². The second-order valence-electron chi connectivity index (χ2n) is 5.45. The van der Waals surface area contributed by atoms with Crippen molar-refractivity contribution in [3.05, 3.63) is 68.7 Å². The summed E-state index contributed by atoms with van der Waals surface area (Å²) in [6.07, 6.45) is -0.961. The molecule has 0 unspecified atom stereocenters. The van der Waals surface area contributed by atoms with Crippen LogP contribution < -0.4 is 5.32 Å². The number of benzene rings is 2. The number of halogens is 3. The van der Waals surface area contributed by atoms with Gasteiger partial charge >= 0.3 is 5.97 Å². The predicted molar refractivity (Wildman–Crippen MR) is 99.3 cm³/mol. The summed E-state index contributed by atoms with van der Waals surface area (Å²) < 4.78 is 5.18. The van der Waals surface area contributed by atoms with Crippen molar-refractivity contribution in [1.29, 1.82) is 0 Å². The molecule has 0 aliphatic rings. The zero-order chi connectivity index (χ0) is 18.6. The fraction of sp³-hybridized carbons (Fsp3) is 0.222. The highest BCUT2D eigenvalue weighted by atomic mass is 35.5. The van der Waals surface area contributed by atoms with Crippen molar-refractivity contribution in [1.82, 2.24) is 5.32 Å². The Bertz CT molecular complexity index is 778. The monoisotopic (exact) mass is 399 g/mol. The Morgan fingerprint density at radius 1 is 0.960 bits per heavy atom. The van der Waals surface area contributed by atoms with E-state index in [9.17, 15) is 9.59 Å². The van der Waals surface area contributed by atoms with Gasteiger partial charge in [0.1, 0.15) is 0 Å². The van der Waals surface area contributed by atoms with Crippen molar-refractivity contribution in [3.63, 3.8) is 0 Å². The van der Waals surface area contributed by atoms with E-state index < -0.39 is 18.0 Å². The maximum absolute atomic E-state index is 12.2. The molecule has 132 valence electrons. The average Bonchev–Trinajstić information content (AvgIpc) is 2.55. The molecule has 4 nitrogen and oxygen atoms in total. The van der Waals surface area contributed by atoms with Crippen molar-refractivity contribution >= 4 is 46.7 Å². The number of rotatable bonds is 5. The van der Waals surface area contributed by atoms with Gasteiger partial charge in [-0.2, -0.15) is 0 Å². The van der Waals surface area contributed by atoms with Crippen LogP contribution in [0.25, 0.3) is 0 Å². The minimum absolute atomic E-state index is 0.317. The summed E-state index contributed by atoms with van der Waals surface area (Å²) in [6.45, 7) is 3.28. The summed E-state index contributed by atoms with van der Waals surface area (Å²) in [5.41, 5.74) is 1.04. The number of ether oxygens (including phenoxy) is 1. The quantitative estimate of drug-likeness (QED) is 0.713. The van der Waals surface area contributed by atoms with Crippen LogP contribution >= 0.6 is 34.8 Å². The van der Waals surface area contributed by atoms with Crippen molar-refractivity contribution in [2.45, 2.75) is 26.0 Å². The fourth-order valence-electron chi connectivity index (χ4n) is 2.13. The molecular formula is C18H16Cl3NO3.